The zero-order valence-corrected chi connectivity index (χ0v) is 11.6. The van der Waals surface area contributed by atoms with Gasteiger partial charge < -0.3 is 15.0 Å². The van der Waals surface area contributed by atoms with Crippen molar-refractivity contribution in [3.05, 3.63) is 12.4 Å². The van der Waals surface area contributed by atoms with E-state index in [9.17, 15) is 0 Å². The number of aromatic nitrogens is 2. The van der Waals surface area contributed by atoms with Crippen LogP contribution < -0.4 is 10.1 Å². The van der Waals surface area contributed by atoms with Gasteiger partial charge in [0.2, 0.25) is 5.88 Å². The Balaban J connectivity index is 2.24. The fourth-order valence-corrected chi connectivity index (χ4v) is 1.49. The normalized spacial score (nSPS) is 10.7. The molecule has 1 aromatic heterocycles. The molecule has 5 heteroatoms. The van der Waals surface area contributed by atoms with Crippen molar-refractivity contribution in [3.63, 3.8) is 0 Å². The van der Waals surface area contributed by atoms with Gasteiger partial charge in [-0.1, -0.05) is 6.92 Å². The van der Waals surface area contributed by atoms with Crippen LogP contribution in [0.25, 0.3) is 0 Å². The van der Waals surface area contributed by atoms with E-state index in [4.69, 9.17) is 4.74 Å². The van der Waals surface area contributed by atoms with Gasteiger partial charge in [0.1, 0.15) is 12.1 Å². The molecule has 1 N–H and O–H groups in total. The summed E-state index contributed by atoms with van der Waals surface area (Å²) in [4.78, 5) is 10.4. The lowest BCUT2D eigenvalue weighted by Gasteiger charge is -2.10. The van der Waals surface area contributed by atoms with Crippen molar-refractivity contribution in [3.8, 4) is 5.88 Å². The van der Waals surface area contributed by atoms with Crippen molar-refractivity contribution in [2.75, 3.05) is 39.1 Å². The molecular formula is C13H24N4O. The SMILES string of the molecule is CCCOc1cc(NCCCCN(C)C)ncn1. The van der Waals surface area contributed by atoms with Gasteiger partial charge in [-0.05, 0) is 39.9 Å². The first kappa shape index (κ1) is 14.7. The number of ether oxygens (including phenoxy) is 1. The Morgan fingerprint density at radius 3 is 2.83 bits per heavy atom. The van der Waals surface area contributed by atoms with Gasteiger partial charge in [-0.15, -0.1) is 0 Å². The summed E-state index contributed by atoms with van der Waals surface area (Å²) in [6, 6.07) is 1.85. The molecule has 0 aliphatic rings. The van der Waals surface area contributed by atoms with E-state index in [-0.39, 0.29) is 0 Å². The Hall–Kier alpha value is -1.36. The molecule has 0 amide bonds. The zero-order chi connectivity index (χ0) is 13.2. The summed E-state index contributed by atoms with van der Waals surface area (Å²) in [7, 11) is 4.18. The number of anilines is 1. The molecule has 1 aromatic rings. The highest BCUT2D eigenvalue weighted by atomic mass is 16.5. The third kappa shape index (κ3) is 6.39. The van der Waals surface area contributed by atoms with Crippen LogP contribution in [0.2, 0.25) is 0 Å². The Morgan fingerprint density at radius 2 is 2.11 bits per heavy atom. The van der Waals surface area contributed by atoms with Crippen molar-refractivity contribution in [2.24, 2.45) is 0 Å². The van der Waals surface area contributed by atoms with Crippen molar-refractivity contribution in [1.82, 2.24) is 14.9 Å². The molecule has 0 aliphatic carbocycles. The first-order valence-corrected chi connectivity index (χ1v) is 6.56. The third-order valence-corrected chi connectivity index (χ3v) is 2.43. The fourth-order valence-electron chi connectivity index (χ4n) is 1.49. The molecule has 1 rings (SSSR count). The van der Waals surface area contributed by atoms with E-state index in [1.54, 1.807) is 0 Å². The van der Waals surface area contributed by atoms with Crippen molar-refractivity contribution >= 4 is 5.82 Å². The van der Waals surface area contributed by atoms with Gasteiger partial charge in [0.25, 0.3) is 0 Å². The first-order chi connectivity index (χ1) is 8.72. The lowest BCUT2D eigenvalue weighted by molar-refractivity contribution is 0.305. The minimum atomic E-state index is 0.641. The average Bonchev–Trinajstić information content (AvgIpc) is 2.36. The largest absolute Gasteiger partial charge is 0.478 e. The van der Waals surface area contributed by atoms with Crippen molar-refractivity contribution in [2.45, 2.75) is 26.2 Å². The molecule has 0 radical (unpaired) electrons. The molecule has 0 atom stereocenters. The number of hydrogen-bond acceptors (Lipinski definition) is 5. The van der Waals surface area contributed by atoms with Crippen LogP contribution in [0.3, 0.4) is 0 Å². The Bertz CT molecular complexity index is 331. The van der Waals surface area contributed by atoms with Gasteiger partial charge in [0.05, 0.1) is 6.61 Å². The quantitative estimate of drug-likeness (QED) is 0.681. The predicted octanol–water partition coefficient (Wildman–Crippen LogP) is 2.02. The smallest absolute Gasteiger partial charge is 0.218 e. The van der Waals surface area contributed by atoms with Gasteiger partial charge in [0, 0.05) is 12.6 Å². The predicted molar refractivity (Wildman–Crippen MR) is 74.1 cm³/mol. The number of hydrogen-bond donors (Lipinski definition) is 1. The van der Waals surface area contributed by atoms with Gasteiger partial charge in [-0.25, -0.2) is 9.97 Å². The van der Waals surface area contributed by atoms with Crippen LogP contribution >= 0.6 is 0 Å². The van der Waals surface area contributed by atoms with Gasteiger partial charge in [-0.2, -0.15) is 0 Å². The maximum Gasteiger partial charge on any atom is 0.218 e. The van der Waals surface area contributed by atoms with Crippen LogP contribution in [-0.4, -0.2) is 48.7 Å². The highest BCUT2D eigenvalue weighted by Gasteiger charge is 1.99. The number of unbranched alkanes of at least 4 members (excludes halogenated alkanes) is 1. The number of nitrogens with zero attached hydrogens (tertiary/aromatic N) is 3. The summed E-state index contributed by atoms with van der Waals surface area (Å²) < 4.78 is 5.46. The maximum absolute atomic E-state index is 5.46. The monoisotopic (exact) mass is 252 g/mol. The Labute approximate surface area is 110 Å². The summed E-state index contributed by atoms with van der Waals surface area (Å²) >= 11 is 0. The van der Waals surface area contributed by atoms with E-state index in [0.29, 0.717) is 12.5 Å². The molecule has 18 heavy (non-hydrogen) atoms. The van der Waals surface area contributed by atoms with E-state index >= 15 is 0 Å². The van der Waals surface area contributed by atoms with Crippen LogP contribution in [0.5, 0.6) is 5.88 Å². The standard InChI is InChI=1S/C13H24N4O/c1-4-9-18-13-10-12(15-11-16-13)14-7-5-6-8-17(2)3/h10-11H,4-9H2,1-3H3,(H,14,15,16). The molecule has 0 aliphatic heterocycles. The molecule has 0 bridgehead atoms. The van der Waals surface area contributed by atoms with E-state index in [0.717, 1.165) is 31.7 Å². The average molecular weight is 252 g/mol. The number of nitrogens with one attached hydrogen (secondary N) is 1. The topological polar surface area (TPSA) is 50.3 Å². The van der Waals surface area contributed by atoms with Crippen LogP contribution in [-0.2, 0) is 0 Å². The maximum atomic E-state index is 5.46. The summed E-state index contributed by atoms with van der Waals surface area (Å²) in [6.07, 6.45) is 4.84. The van der Waals surface area contributed by atoms with Crippen molar-refractivity contribution in [1.29, 1.82) is 0 Å². The van der Waals surface area contributed by atoms with Crippen LogP contribution in [0.1, 0.15) is 26.2 Å². The minimum Gasteiger partial charge on any atom is -0.478 e. The van der Waals surface area contributed by atoms with Gasteiger partial charge in [0.15, 0.2) is 0 Å². The second kappa shape index (κ2) is 8.69. The molecule has 5 nitrogen and oxygen atoms in total. The summed E-state index contributed by atoms with van der Waals surface area (Å²) in [6.45, 7) is 4.82. The molecule has 1 heterocycles. The molecule has 0 spiro atoms. The highest BCUT2D eigenvalue weighted by molar-refractivity contribution is 5.36. The molecule has 0 aromatic carbocycles. The summed E-state index contributed by atoms with van der Waals surface area (Å²) in [5.41, 5.74) is 0. The summed E-state index contributed by atoms with van der Waals surface area (Å²) in [5, 5.41) is 3.29. The zero-order valence-electron chi connectivity index (χ0n) is 11.6. The van der Waals surface area contributed by atoms with Gasteiger partial charge in [-0.3, -0.25) is 0 Å². The van der Waals surface area contributed by atoms with Crippen molar-refractivity contribution < 1.29 is 4.74 Å². The van der Waals surface area contributed by atoms with Gasteiger partial charge >= 0.3 is 0 Å². The Morgan fingerprint density at radius 1 is 1.28 bits per heavy atom. The van der Waals surface area contributed by atoms with E-state index in [2.05, 4.69) is 41.2 Å². The molecule has 0 fully saturated rings. The lowest BCUT2D eigenvalue weighted by atomic mass is 10.3. The summed E-state index contributed by atoms with van der Waals surface area (Å²) in [5.74, 6) is 1.48. The second-order valence-electron chi connectivity index (χ2n) is 4.53. The molecule has 0 saturated heterocycles. The Kier molecular flexibility index (Phi) is 7.10. The minimum absolute atomic E-state index is 0.641. The molecule has 0 unspecified atom stereocenters. The van der Waals surface area contributed by atoms with E-state index in [1.807, 2.05) is 6.07 Å². The lowest BCUT2D eigenvalue weighted by Crippen LogP contribution is -2.14. The first-order valence-electron chi connectivity index (χ1n) is 6.56. The fraction of sp³-hybridized carbons (Fsp3) is 0.692. The van der Waals surface area contributed by atoms with Crippen LogP contribution in [0.4, 0.5) is 5.82 Å². The van der Waals surface area contributed by atoms with Crippen LogP contribution in [0.15, 0.2) is 12.4 Å². The molecule has 102 valence electrons. The molecular weight excluding hydrogens is 228 g/mol. The molecule has 0 saturated carbocycles. The van der Waals surface area contributed by atoms with Crippen LogP contribution in [0, 0.1) is 0 Å². The third-order valence-electron chi connectivity index (χ3n) is 2.43. The highest BCUT2D eigenvalue weighted by Crippen LogP contribution is 2.11. The number of rotatable bonds is 9. The van der Waals surface area contributed by atoms with E-state index < -0.39 is 0 Å². The van der Waals surface area contributed by atoms with E-state index in [1.165, 1.54) is 12.7 Å². The second-order valence-corrected chi connectivity index (χ2v) is 4.53.